The molecule has 0 spiro atoms. The van der Waals surface area contributed by atoms with E-state index in [9.17, 15) is 13.6 Å². The van der Waals surface area contributed by atoms with E-state index in [0.29, 0.717) is 0 Å². The monoisotopic (exact) mass is 297 g/mol. The van der Waals surface area contributed by atoms with E-state index in [4.69, 9.17) is 0 Å². The molecule has 1 aromatic carbocycles. The predicted octanol–water partition coefficient (Wildman–Crippen LogP) is 1.98. The SMILES string of the molecule is CNC1(C)CCN(CC(=O)Nc2ccc(F)c(F)c2)CC1. The second-order valence-electron chi connectivity index (χ2n) is 5.76. The van der Waals surface area contributed by atoms with Crippen molar-refractivity contribution in [3.05, 3.63) is 29.8 Å². The fraction of sp³-hybridized carbons (Fsp3) is 0.533. The molecule has 1 heterocycles. The van der Waals surface area contributed by atoms with Crippen LogP contribution < -0.4 is 10.6 Å². The molecule has 0 bridgehead atoms. The van der Waals surface area contributed by atoms with Gasteiger partial charge in [0.25, 0.3) is 0 Å². The number of anilines is 1. The van der Waals surface area contributed by atoms with Crippen LogP contribution >= 0.6 is 0 Å². The van der Waals surface area contributed by atoms with Gasteiger partial charge in [-0.05, 0) is 38.9 Å². The first-order valence-corrected chi connectivity index (χ1v) is 7.08. The van der Waals surface area contributed by atoms with Crippen molar-refractivity contribution in [1.29, 1.82) is 0 Å². The smallest absolute Gasteiger partial charge is 0.238 e. The van der Waals surface area contributed by atoms with Crippen LogP contribution in [0.3, 0.4) is 0 Å². The highest BCUT2D eigenvalue weighted by atomic mass is 19.2. The molecule has 4 nitrogen and oxygen atoms in total. The van der Waals surface area contributed by atoms with E-state index >= 15 is 0 Å². The van der Waals surface area contributed by atoms with Gasteiger partial charge in [0, 0.05) is 30.4 Å². The highest BCUT2D eigenvalue weighted by molar-refractivity contribution is 5.92. The molecule has 2 rings (SSSR count). The summed E-state index contributed by atoms with van der Waals surface area (Å²) in [5, 5.41) is 5.89. The Labute approximate surface area is 123 Å². The number of benzene rings is 1. The van der Waals surface area contributed by atoms with Gasteiger partial charge in [-0.3, -0.25) is 9.69 Å². The third kappa shape index (κ3) is 4.22. The molecule has 1 saturated heterocycles. The van der Waals surface area contributed by atoms with Gasteiger partial charge in [-0.1, -0.05) is 0 Å². The second-order valence-corrected chi connectivity index (χ2v) is 5.76. The number of halogens is 2. The second kappa shape index (κ2) is 6.49. The van der Waals surface area contributed by atoms with Gasteiger partial charge in [0.15, 0.2) is 11.6 Å². The Kier molecular flexibility index (Phi) is 4.90. The summed E-state index contributed by atoms with van der Waals surface area (Å²) in [5.74, 6) is -2.10. The molecule has 116 valence electrons. The number of likely N-dealkylation sites (tertiary alicyclic amines) is 1. The van der Waals surface area contributed by atoms with Crippen LogP contribution in [-0.4, -0.2) is 43.0 Å². The molecule has 1 amide bonds. The molecule has 0 atom stereocenters. The lowest BCUT2D eigenvalue weighted by atomic mass is 9.90. The van der Waals surface area contributed by atoms with Crippen LogP contribution in [0.4, 0.5) is 14.5 Å². The summed E-state index contributed by atoms with van der Waals surface area (Å²) < 4.78 is 25.9. The molecule has 1 aliphatic rings. The van der Waals surface area contributed by atoms with Crippen molar-refractivity contribution >= 4 is 11.6 Å². The number of rotatable bonds is 4. The molecule has 1 aromatic rings. The minimum atomic E-state index is -0.962. The maximum atomic E-state index is 13.1. The summed E-state index contributed by atoms with van der Waals surface area (Å²) in [5.41, 5.74) is 0.406. The Morgan fingerprint density at radius 3 is 2.52 bits per heavy atom. The van der Waals surface area contributed by atoms with Crippen LogP contribution in [-0.2, 0) is 4.79 Å². The highest BCUT2D eigenvalue weighted by Crippen LogP contribution is 2.21. The fourth-order valence-corrected chi connectivity index (χ4v) is 2.43. The van der Waals surface area contributed by atoms with E-state index < -0.39 is 11.6 Å². The van der Waals surface area contributed by atoms with Gasteiger partial charge in [-0.15, -0.1) is 0 Å². The first-order valence-electron chi connectivity index (χ1n) is 7.08. The summed E-state index contributed by atoms with van der Waals surface area (Å²) >= 11 is 0. The first-order chi connectivity index (χ1) is 9.92. The number of carbonyl (C=O) groups is 1. The lowest BCUT2D eigenvalue weighted by Crippen LogP contribution is -2.51. The Morgan fingerprint density at radius 2 is 1.95 bits per heavy atom. The Hall–Kier alpha value is -1.53. The summed E-state index contributed by atoms with van der Waals surface area (Å²) in [6, 6.07) is 3.34. The average Bonchev–Trinajstić information content (AvgIpc) is 2.46. The molecular formula is C15H21F2N3O. The number of amides is 1. The van der Waals surface area contributed by atoms with E-state index in [1.54, 1.807) is 0 Å². The van der Waals surface area contributed by atoms with E-state index in [1.165, 1.54) is 6.07 Å². The zero-order chi connectivity index (χ0) is 15.5. The largest absolute Gasteiger partial charge is 0.325 e. The standard InChI is InChI=1S/C15H21F2N3O/c1-15(18-2)5-7-20(8-6-15)10-14(21)19-11-3-4-12(16)13(17)9-11/h3-4,9,18H,5-8,10H2,1-2H3,(H,19,21). The summed E-state index contributed by atoms with van der Waals surface area (Å²) in [6.07, 6.45) is 1.95. The van der Waals surface area contributed by atoms with Gasteiger partial charge < -0.3 is 10.6 Å². The van der Waals surface area contributed by atoms with E-state index in [0.717, 1.165) is 38.1 Å². The Morgan fingerprint density at radius 1 is 1.29 bits per heavy atom. The van der Waals surface area contributed by atoms with Gasteiger partial charge in [-0.2, -0.15) is 0 Å². The topological polar surface area (TPSA) is 44.4 Å². The molecule has 1 fully saturated rings. The van der Waals surface area contributed by atoms with Gasteiger partial charge in [0.2, 0.25) is 5.91 Å². The number of carbonyl (C=O) groups excluding carboxylic acids is 1. The molecule has 21 heavy (non-hydrogen) atoms. The van der Waals surface area contributed by atoms with Crippen molar-refractivity contribution in [1.82, 2.24) is 10.2 Å². The minimum absolute atomic E-state index is 0.132. The molecule has 0 aromatic heterocycles. The number of nitrogens with zero attached hydrogens (tertiary/aromatic N) is 1. The van der Waals surface area contributed by atoms with Crippen molar-refractivity contribution in [2.24, 2.45) is 0 Å². The highest BCUT2D eigenvalue weighted by Gasteiger charge is 2.28. The van der Waals surface area contributed by atoms with Gasteiger partial charge in [0.1, 0.15) is 0 Å². The molecule has 2 N–H and O–H groups in total. The van der Waals surface area contributed by atoms with E-state index in [1.807, 2.05) is 7.05 Å². The van der Waals surface area contributed by atoms with Crippen molar-refractivity contribution in [2.75, 3.05) is 32.0 Å². The maximum Gasteiger partial charge on any atom is 0.238 e. The minimum Gasteiger partial charge on any atom is -0.325 e. The predicted molar refractivity (Wildman–Crippen MR) is 78.1 cm³/mol. The van der Waals surface area contributed by atoms with Crippen molar-refractivity contribution < 1.29 is 13.6 Å². The zero-order valence-electron chi connectivity index (χ0n) is 12.4. The molecule has 6 heteroatoms. The van der Waals surface area contributed by atoms with Crippen molar-refractivity contribution in [3.63, 3.8) is 0 Å². The van der Waals surface area contributed by atoms with Crippen LogP contribution in [0.1, 0.15) is 19.8 Å². The summed E-state index contributed by atoms with van der Waals surface area (Å²) in [7, 11) is 1.95. The van der Waals surface area contributed by atoms with Crippen LogP contribution in [0.2, 0.25) is 0 Å². The maximum absolute atomic E-state index is 13.1. The first kappa shape index (κ1) is 15.9. The molecule has 0 unspecified atom stereocenters. The number of hydrogen-bond acceptors (Lipinski definition) is 3. The Balaban J connectivity index is 1.84. The lowest BCUT2D eigenvalue weighted by molar-refractivity contribution is -0.117. The van der Waals surface area contributed by atoms with Crippen LogP contribution in [0.15, 0.2) is 18.2 Å². The van der Waals surface area contributed by atoms with Crippen molar-refractivity contribution in [2.45, 2.75) is 25.3 Å². The van der Waals surface area contributed by atoms with Crippen LogP contribution in [0.5, 0.6) is 0 Å². The van der Waals surface area contributed by atoms with E-state index in [2.05, 4.69) is 22.5 Å². The number of nitrogens with one attached hydrogen (secondary N) is 2. The normalized spacial score (nSPS) is 18.5. The van der Waals surface area contributed by atoms with Gasteiger partial charge in [-0.25, -0.2) is 8.78 Å². The number of piperidine rings is 1. The van der Waals surface area contributed by atoms with Crippen LogP contribution in [0, 0.1) is 11.6 Å². The quantitative estimate of drug-likeness (QED) is 0.893. The van der Waals surface area contributed by atoms with Gasteiger partial charge >= 0.3 is 0 Å². The molecule has 0 radical (unpaired) electrons. The third-order valence-corrected chi connectivity index (χ3v) is 4.13. The van der Waals surface area contributed by atoms with Gasteiger partial charge in [0.05, 0.1) is 6.54 Å². The molecule has 1 aliphatic heterocycles. The summed E-state index contributed by atoms with van der Waals surface area (Å²) in [6.45, 7) is 4.11. The van der Waals surface area contributed by atoms with E-state index in [-0.39, 0.29) is 23.7 Å². The molecular weight excluding hydrogens is 276 g/mol. The summed E-state index contributed by atoms with van der Waals surface area (Å²) in [4.78, 5) is 14.0. The zero-order valence-corrected chi connectivity index (χ0v) is 12.4. The Bertz CT molecular complexity index is 514. The average molecular weight is 297 g/mol. The van der Waals surface area contributed by atoms with Crippen LogP contribution in [0.25, 0.3) is 0 Å². The number of hydrogen-bond donors (Lipinski definition) is 2. The fourth-order valence-electron chi connectivity index (χ4n) is 2.43. The third-order valence-electron chi connectivity index (χ3n) is 4.13. The van der Waals surface area contributed by atoms with Crippen molar-refractivity contribution in [3.8, 4) is 0 Å². The lowest BCUT2D eigenvalue weighted by Gasteiger charge is -2.39. The molecule has 0 aliphatic carbocycles. The molecule has 0 saturated carbocycles.